The first-order valence-electron chi connectivity index (χ1n) is 7.80. The number of carboxylic acids is 1. The molecule has 0 radical (unpaired) electrons. The Morgan fingerprint density at radius 2 is 2.09 bits per heavy atom. The molecule has 2 aliphatic heterocycles. The minimum Gasteiger partial charge on any atom is -0.480 e. The van der Waals surface area contributed by atoms with Crippen molar-refractivity contribution in [3.8, 4) is 0 Å². The molecule has 2 heterocycles. The van der Waals surface area contributed by atoms with Gasteiger partial charge < -0.3 is 10.0 Å². The Bertz CT molecular complexity index is 589. The van der Waals surface area contributed by atoms with Gasteiger partial charge in [-0.1, -0.05) is 31.2 Å². The Labute approximate surface area is 134 Å². The van der Waals surface area contributed by atoms with Gasteiger partial charge in [0, 0.05) is 6.54 Å². The Morgan fingerprint density at radius 3 is 2.86 bits per heavy atom. The van der Waals surface area contributed by atoms with Crippen LogP contribution >= 0.6 is 11.8 Å². The highest BCUT2D eigenvalue weighted by atomic mass is 32.2. The van der Waals surface area contributed by atoms with Crippen molar-refractivity contribution in [1.82, 2.24) is 4.90 Å². The number of fused-ring (bicyclic) bond motifs is 1. The van der Waals surface area contributed by atoms with Gasteiger partial charge in [-0.2, -0.15) is 0 Å². The molecule has 0 spiro atoms. The van der Waals surface area contributed by atoms with Crippen LogP contribution in [-0.2, 0) is 16.0 Å². The van der Waals surface area contributed by atoms with Crippen LogP contribution in [0.2, 0.25) is 0 Å². The molecule has 3 atom stereocenters. The highest BCUT2D eigenvalue weighted by Crippen LogP contribution is 2.39. The molecule has 1 aromatic rings. The number of nitrogens with zero attached hydrogens (tertiary/aromatic N) is 1. The number of carboxylic acid groups (broad SMARTS) is 1. The van der Waals surface area contributed by atoms with Crippen molar-refractivity contribution in [2.45, 2.75) is 37.5 Å². The summed E-state index contributed by atoms with van der Waals surface area (Å²) in [7, 11) is 0. The monoisotopic (exact) mass is 319 g/mol. The third-order valence-electron chi connectivity index (χ3n) is 4.65. The van der Waals surface area contributed by atoms with Crippen molar-refractivity contribution in [3.63, 3.8) is 0 Å². The number of carbonyl (C=O) groups is 2. The molecule has 0 saturated carbocycles. The van der Waals surface area contributed by atoms with Crippen LogP contribution in [0.5, 0.6) is 0 Å². The fraction of sp³-hybridized carbons (Fsp3) is 0.529. The second-order valence-corrected chi connectivity index (χ2v) is 7.43. The quantitative estimate of drug-likeness (QED) is 0.910. The second-order valence-electron chi connectivity index (χ2n) is 6.21. The minimum atomic E-state index is -0.881. The van der Waals surface area contributed by atoms with Gasteiger partial charge in [-0.05, 0) is 42.1 Å². The van der Waals surface area contributed by atoms with Gasteiger partial charge in [-0.15, -0.1) is 11.8 Å². The highest BCUT2D eigenvalue weighted by molar-refractivity contribution is 8.00. The van der Waals surface area contributed by atoms with Crippen molar-refractivity contribution in [2.24, 2.45) is 5.92 Å². The predicted octanol–water partition coefficient (Wildman–Crippen LogP) is 2.73. The van der Waals surface area contributed by atoms with E-state index in [9.17, 15) is 14.7 Å². The van der Waals surface area contributed by atoms with E-state index < -0.39 is 12.0 Å². The summed E-state index contributed by atoms with van der Waals surface area (Å²) in [5, 5.41) is 9.22. The number of hydrogen-bond donors (Lipinski definition) is 1. The lowest BCUT2D eigenvalue weighted by atomic mass is 9.91. The number of aliphatic carboxylic acids is 1. The van der Waals surface area contributed by atoms with E-state index in [1.54, 1.807) is 16.7 Å². The van der Waals surface area contributed by atoms with Crippen LogP contribution in [0.4, 0.5) is 0 Å². The van der Waals surface area contributed by atoms with Gasteiger partial charge in [0.1, 0.15) is 11.3 Å². The van der Waals surface area contributed by atoms with E-state index in [4.69, 9.17) is 0 Å². The van der Waals surface area contributed by atoms with Crippen LogP contribution in [0.1, 0.15) is 36.1 Å². The van der Waals surface area contributed by atoms with Gasteiger partial charge in [0.05, 0.1) is 0 Å². The van der Waals surface area contributed by atoms with Gasteiger partial charge in [-0.25, -0.2) is 4.79 Å². The molecule has 5 heteroatoms. The summed E-state index contributed by atoms with van der Waals surface area (Å²) < 4.78 is 0. The topological polar surface area (TPSA) is 57.6 Å². The van der Waals surface area contributed by atoms with Crippen molar-refractivity contribution in [3.05, 3.63) is 35.4 Å². The standard InChI is InChI=1S/C17H21NO3S/c1-11-6-8-18(14(10-11)17(20)21)16(19)15-13-5-3-2-4-12(13)7-9-22-15/h2-5,11,14-15H,6-10H2,1H3,(H,20,21). The van der Waals surface area contributed by atoms with E-state index >= 15 is 0 Å². The zero-order valence-corrected chi connectivity index (χ0v) is 13.5. The molecule has 1 aromatic carbocycles. The van der Waals surface area contributed by atoms with Crippen LogP contribution in [0.25, 0.3) is 0 Å². The summed E-state index contributed by atoms with van der Waals surface area (Å²) in [5.41, 5.74) is 2.28. The Balaban J connectivity index is 1.86. The molecule has 1 amide bonds. The third kappa shape index (κ3) is 2.86. The van der Waals surface area contributed by atoms with Crippen LogP contribution < -0.4 is 0 Å². The molecular formula is C17H21NO3S. The molecule has 0 bridgehead atoms. The average Bonchev–Trinajstić information content (AvgIpc) is 2.53. The minimum absolute atomic E-state index is 0.0311. The fourth-order valence-corrected chi connectivity index (χ4v) is 4.65. The maximum atomic E-state index is 13.0. The van der Waals surface area contributed by atoms with Crippen molar-refractivity contribution in [2.75, 3.05) is 12.3 Å². The lowest BCUT2D eigenvalue weighted by molar-refractivity contribution is -0.152. The summed E-state index contributed by atoms with van der Waals surface area (Å²) in [6, 6.07) is 7.36. The van der Waals surface area contributed by atoms with E-state index in [0.29, 0.717) is 18.9 Å². The Morgan fingerprint density at radius 1 is 1.32 bits per heavy atom. The number of piperidine rings is 1. The first kappa shape index (κ1) is 15.4. The van der Waals surface area contributed by atoms with Crippen LogP contribution in [0.3, 0.4) is 0 Å². The van der Waals surface area contributed by atoms with E-state index in [1.165, 1.54) is 5.56 Å². The van der Waals surface area contributed by atoms with Crippen molar-refractivity contribution >= 4 is 23.6 Å². The zero-order valence-electron chi connectivity index (χ0n) is 12.7. The summed E-state index contributed by atoms with van der Waals surface area (Å²) >= 11 is 1.64. The Hall–Kier alpha value is -1.49. The maximum absolute atomic E-state index is 13.0. The number of carbonyl (C=O) groups excluding carboxylic acids is 1. The van der Waals surface area contributed by atoms with Crippen molar-refractivity contribution < 1.29 is 14.7 Å². The molecule has 3 rings (SSSR count). The molecule has 118 valence electrons. The molecule has 1 fully saturated rings. The lowest BCUT2D eigenvalue weighted by Crippen LogP contribution is -2.51. The Kier molecular flexibility index (Phi) is 4.43. The molecule has 3 unspecified atom stereocenters. The highest BCUT2D eigenvalue weighted by Gasteiger charge is 2.39. The first-order valence-corrected chi connectivity index (χ1v) is 8.85. The summed E-state index contributed by atoms with van der Waals surface area (Å²) in [6.45, 7) is 2.61. The molecular weight excluding hydrogens is 298 g/mol. The molecule has 0 aromatic heterocycles. The smallest absolute Gasteiger partial charge is 0.326 e. The summed E-state index contributed by atoms with van der Waals surface area (Å²) in [5.74, 6) is 0.358. The number of benzene rings is 1. The average molecular weight is 319 g/mol. The largest absolute Gasteiger partial charge is 0.480 e. The lowest BCUT2D eigenvalue weighted by Gasteiger charge is -2.38. The number of hydrogen-bond acceptors (Lipinski definition) is 3. The van der Waals surface area contributed by atoms with Gasteiger partial charge in [0.15, 0.2) is 0 Å². The predicted molar refractivity (Wildman–Crippen MR) is 86.9 cm³/mol. The van der Waals surface area contributed by atoms with E-state index in [-0.39, 0.29) is 11.2 Å². The molecule has 22 heavy (non-hydrogen) atoms. The van der Waals surface area contributed by atoms with Crippen LogP contribution in [0, 0.1) is 5.92 Å². The molecule has 2 aliphatic rings. The van der Waals surface area contributed by atoms with Crippen LogP contribution in [0.15, 0.2) is 24.3 Å². The fourth-order valence-electron chi connectivity index (χ4n) is 3.39. The molecule has 1 saturated heterocycles. The van der Waals surface area contributed by atoms with E-state index in [2.05, 4.69) is 13.0 Å². The van der Waals surface area contributed by atoms with Crippen LogP contribution in [-0.4, -0.2) is 40.2 Å². The zero-order chi connectivity index (χ0) is 15.7. The van der Waals surface area contributed by atoms with Gasteiger partial charge in [-0.3, -0.25) is 4.79 Å². The van der Waals surface area contributed by atoms with Gasteiger partial charge >= 0.3 is 5.97 Å². The normalized spacial score (nSPS) is 28.0. The SMILES string of the molecule is CC1CCN(C(=O)C2SCCc3ccccc32)C(C(=O)O)C1. The van der Waals surface area contributed by atoms with E-state index in [0.717, 1.165) is 24.2 Å². The number of aryl methyl sites for hydroxylation is 1. The maximum Gasteiger partial charge on any atom is 0.326 e. The molecule has 4 nitrogen and oxygen atoms in total. The van der Waals surface area contributed by atoms with Gasteiger partial charge in [0.25, 0.3) is 0 Å². The second kappa shape index (κ2) is 6.32. The number of amides is 1. The summed E-state index contributed by atoms with van der Waals surface area (Å²) in [4.78, 5) is 26.1. The van der Waals surface area contributed by atoms with E-state index in [1.807, 2.05) is 18.2 Å². The summed E-state index contributed by atoms with van der Waals surface area (Å²) in [6.07, 6.45) is 2.42. The van der Waals surface area contributed by atoms with Gasteiger partial charge in [0.2, 0.25) is 5.91 Å². The molecule has 0 aliphatic carbocycles. The number of rotatable bonds is 2. The first-order chi connectivity index (χ1) is 10.6. The van der Waals surface area contributed by atoms with Crippen molar-refractivity contribution in [1.29, 1.82) is 0 Å². The third-order valence-corrected chi connectivity index (χ3v) is 5.88. The number of likely N-dealkylation sites (tertiary alicyclic amines) is 1. The number of thioether (sulfide) groups is 1. The molecule has 1 N–H and O–H groups in total.